The van der Waals surface area contributed by atoms with E-state index in [2.05, 4.69) is 0 Å². The van der Waals surface area contributed by atoms with Crippen LogP contribution in [0.15, 0.2) is 23.1 Å². The van der Waals surface area contributed by atoms with E-state index in [4.69, 9.17) is 11.6 Å². The molecule has 0 unspecified atom stereocenters. The van der Waals surface area contributed by atoms with Crippen molar-refractivity contribution in [2.24, 2.45) is 0 Å². The molecular weight excluding hydrogens is 322 g/mol. The zero-order valence-electron chi connectivity index (χ0n) is 11.2. The van der Waals surface area contributed by atoms with Gasteiger partial charge in [-0.05, 0) is 31.0 Å². The standard InChI is InChI=1S/C12H16ClNO4S2/c1-9-3-4-10(13)7-12(9)20(17,18)14(2)11-5-6-19(15,16)8-11/h3-4,7,11H,5-6,8H2,1-2H3/t11-/m0/s1. The van der Waals surface area contributed by atoms with Crippen LogP contribution in [-0.4, -0.2) is 45.7 Å². The van der Waals surface area contributed by atoms with Gasteiger partial charge in [0.2, 0.25) is 10.0 Å². The Morgan fingerprint density at radius 1 is 1.35 bits per heavy atom. The van der Waals surface area contributed by atoms with Crippen LogP contribution < -0.4 is 0 Å². The largest absolute Gasteiger partial charge is 0.243 e. The van der Waals surface area contributed by atoms with Gasteiger partial charge in [0.1, 0.15) is 0 Å². The summed E-state index contributed by atoms with van der Waals surface area (Å²) in [7, 11) is -5.46. The number of rotatable bonds is 3. The molecule has 1 aromatic carbocycles. The second kappa shape index (κ2) is 5.29. The molecular formula is C12H16ClNO4S2. The molecule has 0 N–H and O–H groups in total. The maximum Gasteiger partial charge on any atom is 0.243 e. The summed E-state index contributed by atoms with van der Waals surface area (Å²) in [5.41, 5.74) is 0.585. The molecule has 0 aromatic heterocycles. The van der Waals surface area contributed by atoms with Crippen molar-refractivity contribution in [1.82, 2.24) is 4.31 Å². The summed E-state index contributed by atoms with van der Waals surface area (Å²) < 4.78 is 49.3. The number of aryl methyl sites for hydroxylation is 1. The lowest BCUT2D eigenvalue weighted by Crippen LogP contribution is -2.38. The number of hydrogen-bond acceptors (Lipinski definition) is 4. The second-order valence-electron chi connectivity index (χ2n) is 4.99. The summed E-state index contributed by atoms with van der Waals surface area (Å²) in [6, 6.07) is 4.14. The number of halogens is 1. The number of sulfonamides is 1. The molecule has 20 heavy (non-hydrogen) atoms. The average molecular weight is 338 g/mol. The molecule has 1 atom stereocenters. The van der Waals surface area contributed by atoms with Crippen molar-refractivity contribution in [3.05, 3.63) is 28.8 Å². The van der Waals surface area contributed by atoms with Crippen molar-refractivity contribution < 1.29 is 16.8 Å². The second-order valence-corrected chi connectivity index (χ2v) is 9.62. The van der Waals surface area contributed by atoms with E-state index in [0.29, 0.717) is 17.0 Å². The first-order valence-corrected chi connectivity index (χ1v) is 9.72. The summed E-state index contributed by atoms with van der Waals surface area (Å²) in [5, 5.41) is 0.335. The van der Waals surface area contributed by atoms with E-state index in [-0.39, 0.29) is 16.4 Å². The zero-order valence-corrected chi connectivity index (χ0v) is 13.6. The lowest BCUT2D eigenvalue weighted by Gasteiger charge is -2.23. The van der Waals surface area contributed by atoms with Gasteiger partial charge in [0, 0.05) is 18.1 Å². The molecule has 0 saturated carbocycles. The Morgan fingerprint density at radius 2 is 2.00 bits per heavy atom. The Balaban J connectivity index is 2.38. The molecule has 0 radical (unpaired) electrons. The summed E-state index contributed by atoms with van der Waals surface area (Å²) in [6.07, 6.45) is 0.331. The SMILES string of the molecule is Cc1ccc(Cl)cc1S(=O)(=O)N(C)[C@H]1CCS(=O)(=O)C1. The summed E-state index contributed by atoms with van der Waals surface area (Å²) in [4.78, 5) is 0.122. The molecule has 0 bridgehead atoms. The van der Waals surface area contributed by atoms with E-state index in [9.17, 15) is 16.8 Å². The molecule has 1 saturated heterocycles. The smallest absolute Gasteiger partial charge is 0.229 e. The molecule has 1 fully saturated rings. The van der Waals surface area contributed by atoms with Crippen LogP contribution in [0.4, 0.5) is 0 Å². The number of hydrogen-bond donors (Lipinski definition) is 0. The maximum absolute atomic E-state index is 12.6. The Labute approximate surface area is 124 Å². The zero-order chi connectivity index (χ0) is 15.1. The summed E-state index contributed by atoms with van der Waals surface area (Å²) in [5.74, 6) is -0.0889. The summed E-state index contributed by atoms with van der Waals surface area (Å²) in [6.45, 7) is 1.68. The maximum atomic E-state index is 12.6. The van der Waals surface area contributed by atoms with Crippen molar-refractivity contribution in [2.75, 3.05) is 18.6 Å². The van der Waals surface area contributed by atoms with Crippen molar-refractivity contribution in [3.8, 4) is 0 Å². The van der Waals surface area contributed by atoms with Gasteiger partial charge >= 0.3 is 0 Å². The molecule has 0 aliphatic carbocycles. The quantitative estimate of drug-likeness (QED) is 0.837. The van der Waals surface area contributed by atoms with Gasteiger partial charge in [-0.2, -0.15) is 4.31 Å². The lowest BCUT2D eigenvalue weighted by molar-refractivity contribution is 0.393. The van der Waals surface area contributed by atoms with Crippen LogP contribution in [0.5, 0.6) is 0 Å². The molecule has 0 spiro atoms. The van der Waals surface area contributed by atoms with E-state index in [1.54, 1.807) is 19.1 Å². The van der Waals surface area contributed by atoms with Crippen molar-refractivity contribution >= 4 is 31.5 Å². The van der Waals surface area contributed by atoms with Gasteiger partial charge in [0.15, 0.2) is 9.84 Å². The highest BCUT2D eigenvalue weighted by molar-refractivity contribution is 7.92. The highest BCUT2D eigenvalue weighted by Gasteiger charge is 2.36. The minimum Gasteiger partial charge on any atom is -0.229 e. The van der Waals surface area contributed by atoms with Gasteiger partial charge in [-0.15, -0.1) is 0 Å². The molecule has 1 heterocycles. The number of benzene rings is 1. The van der Waals surface area contributed by atoms with Crippen LogP contribution in [0.25, 0.3) is 0 Å². The van der Waals surface area contributed by atoms with E-state index in [1.807, 2.05) is 0 Å². The number of sulfone groups is 1. The van der Waals surface area contributed by atoms with Gasteiger partial charge < -0.3 is 0 Å². The molecule has 8 heteroatoms. The highest BCUT2D eigenvalue weighted by Crippen LogP contribution is 2.27. The Hall–Kier alpha value is -0.630. The van der Waals surface area contributed by atoms with E-state index in [1.165, 1.54) is 13.1 Å². The molecule has 1 aromatic rings. The number of nitrogens with zero attached hydrogens (tertiary/aromatic N) is 1. The van der Waals surface area contributed by atoms with Crippen LogP contribution >= 0.6 is 11.6 Å². The molecule has 1 aliphatic rings. The fraction of sp³-hybridized carbons (Fsp3) is 0.500. The van der Waals surface area contributed by atoms with Gasteiger partial charge in [-0.3, -0.25) is 0 Å². The predicted octanol–water partition coefficient (Wildman–Crippen LogP) is 1.46. The molecule has 0 amide bonds. The minimum absolute atomic E-state index is 0.0338. The first kappa shape index (κ1) is 15.8. The average Bonchev–Trinajstić information content (AvgIpc) is 2.71. The molecule has 112 valence electrons. The van der Waals surface area contributed by atoms with Gasteiger partial charge in [0.05, 0.1) is 16.4 Å². The van der Waals surface area contributed by atoms with Crippen molar-refractivity contribution in [2.45, 2.75) is 24.3 Å². The van der Waals surface area contributed by atoms with E-state index >= 15 is 0 Å². The predicted molar refractivity (Wildman–Crippen MR) is 78.2 cm³/mol. The third-order valence-corrected chi connectivity index (χ3v) is 7.57. The molecule has 5 nitrogen and oxygen atoms in total. The van der Waals surface area contributed by atoms with Crippen LogP contribution in [0, 0.1) is 6.92 Å². The van der Waals surface area contributed by atoms with Gasteiger partial charge in [0.25, 0.3) is 0 Å². The van der Waals surface area contributed by atoms with Crippen LogP contribution in [0.3, 0.4) is 0 Å². The van der Waals surface area contributed by atoms with Crippen molar-refractivity contribution in [1.29, 1.82) is 0 Å². The summed E-state index contributed by atoms with van der Waals surface area (Å²) >= 11 is 5.85. The minimum atomic E-state index is -3.74. The monoisotopic (exact) mass is 337 g/mol. The normalized spacial score (nSPS) is 22.3. The van der Waals surface area contributed by atoms with Gasteiger partial charge in [-0.25, -0.2) is 16.8 Å². The van der Waals surface area contributed by atoms with Crippen LogP contribution in [0.1, 0.15) is 12.0 Å². The first-order chi connectivity index (χ1) is 9.13. The Bertz CT molecular complexity index is 728. The topological polar surface area (TPSA) is 71.5 Å². The van der Waals surface area contributed by atoms with Crippen LogP contribution in [-0.2, 0) is 19.9 Å². The highest BCUT2D eigenvalue weighted by atomic mass is 35.5. The molecule has 2 rings (SSSR count). The van der Waals surface area contributed by atoms with Crippen molar-refractivity contribution in [3.63, 3.8) is 0 Å². The lowest BCUT2D eigenvalue weighted by atomic mass is 10.2. The fourth-order valence-electron chi connectivity index (χ4n) is 2.27. The molecule has 1 aliphatic heterocycles. The Morgan fingerprint density at radius 3 is 2.55 bits per heavy atom. The van der Waals surface area contributed by atoms with Gasteiger partial charge in [-0.1, -0.05) is 17.7 Å². The fourth-order valence-corrected chi connectivity index (χ4v) is 6.00. The van der Waals surface area contributed by atoms with Crippen LogP contribution in [0.2, 0.25) is 5.02 Å². The third-order valence-electron chi connectivity index (χ3n) is 3.53. The van der Waals surface area contributed by atoms with E-state index in [0.717, 1.165) is 4.31 Å². The first-order valence-electron chi connectivity index (χ1n) is 6.08. The third kappa shape index (κ3) is 3.00. The Kier molecular flexibility index (Phi) is 4.17. The van der Waals surface area contributed by atoms with E-state index < -0.39 is 25.9 Å².